The first kappa shape index (κ1) is 19.0. The van der Waals surface area contributed by atoms with Crippen LogP contribution in [0.2, 0.25) is 10.0 Å². The first-order chi connectivity index (χ1) is 12.1. The van der Waals surface area contributed by atoms with Crippen molar-refractivity contribution in [3.05, 3.63) is 33.8 Å². The Balaban J connectivity index is 1.46. The van der Waals surface area contributed by atoms with E-state index in [1.807, 2.05) is 0 Å². The van der Waals surface area contributed by atoms with Gasteiger partial charge in [0.05, 0.1) is 15.6 Å². The lowest BCUT2D eigenvalue weighted by atomic mass is 9.70. The van der Waals surface area contributed by atoms with Gasteiger partial charge in [-0.05, 0) is 74.5 Å². The van der Waals surface area contributed by atoms with Crippen LogP contribution in [0.25, 0.3) is 0 Å². The molecule has 0 spiro atoms. The van der Waals surface area contributed by atoms with E-state index in [9.17, 15) is 4.79 Å². The number of halogens is 2. The van der Waals surface area contributed by atoms with E-state index in [1.165, 1.54) is 44.9 Å². The van der Waals surface area contributed by atoms with Crippen molar-refractivity contribution in [2.75, 3.05) is 0 Å². The third-order valence-electron chi connectivity index (χ3n) is 6.28. The van der Waals surface area contributed by atoms with Gasteiger partial charge in [0.1, 0.15) is 6.10 Å². The third kappa shape index (κ3) is 4.92. The Hall–Kier alpha value is -0.730. The second-order valence-electron chi connectivity index (χ2n) is 7.76. The first-order valence-electron chi connectivity index (χ1n) is 9.72. The van der Waals surface area contributed by atoms with Crippen molar-refractivity contribution < 1.29 is 9.53 Å². The van der Waals surface area contributed by atoms with Crippen LogP contribution < -0.4 is 0 Å². The van der Waals surface area contributed by atoms with Crippen LogP contribution in [0, 0.1) is 17.8 Å². The maximum Gasteiger partial charge on any atom is 0.338 e. The Kier molecular flexibility index (Phi) is 6.68. The summed E-state index contributed by atoms with van der Waals surface area (Å²) in [5.41, 5.74) is 0.481. The number of benzene rings is 1. The van der Waals surface area contributed by atoms with Crippen molar-refractivity contribution in [2.24, 2.45) is 17.8 Å². The number of hydrogen-bond donors (Lipinski definition) is 0. The molecule has 0 radical (unpaired) electrons. The maximum absolute atomic E-state index is 12.3. The lowest BCUT2D eigenvalue weighted by Gasteiger charge is -2.37. The topological polar surface area (TPSA) is 26.3 Å². The molecule has 2 fully saturated rings. The molecule has 2 aliphatic carbocycles. The van der Waals surface area contributed by atoms with Gasteiger partial charge in [0, 0.05) is 0 Å². The summed E-state index contributed by atoms with van der Waals surface area (Å²) in [4.78, 5) is 12.3. The van der Waals surface area contributed by atoms with Gasteiger partial charge in [-0.25, -0.2) is 4.79 Å². The SMILES string of the molecule is CC[C@H]1CC[C@H](C2CCC(OC(=O)c3ccc(Cl)c(Cl)c3)CC2)CC1. The zero-order valence-corrected chi connectivity index (χ0v) is 16.5. The highest BCUT2D eigenvalue weighted by Gasteiger charge is 2.31. The third-order valence-corrected chi connectivity index (χ3v) is 7.02. The molecule has 0 unspecified atom stereocenters. The summed E-state index contributed by atoms with van der Waals surface area (Å²) in [7, 11) is 0. The molecule has 138 valence electrons. The summed E-state index contributed by atoms with van der Waals surface area (Å²) in [6, 6.07) is 4.91. The van der Waals surface area contributed by atoms with Crippen molar-refractivity contribution in [3.63, 3.8) is 0 Å². The fraction of sp³-hybridized carbons (Fsp3) is 0.667. The molecule has 1 aromatic rings. The zero-order valence-electron chi connectivity index (χ0n) is 15.0. The second-order valence-corrected chi connectivity index (χ2v) is 8.57. The van der Waals surface area contributed by atoms with Gasteiger partial charge in [-0.3, -0.25) is 0 Å². The van der Waals surface area contributed by atoms with Gasteiger partial charge in [0.25, 0.3) is 0 Å². The van der Waals surface area contributed by atoms with Crippen LogP contribution in [0.1, 0.15) is 75.1 Å². The smallest absolute Gasteiger partial charge is 0.338 e. The van der Waals surface area contributed by atoms with Gasteiger partial charge < -0.3 is 4.74 Å². The molecule has 2 saturated carbocycles. The Labute approximate surface area is 161 Å². The molecule has 0 N–H and O–H groups in total. The van der Waals surface area contributed by atoms with E-state index in [4.69, 9.17) is 27.9 Å². The van der Waals surface area contributed by atoms with Crippen molar-refractivity contribution in [1.29, 1.82) is 0 Å². The Morgan fingerprint density at radius 3 is 2.12 bits per heavy atom. The lowest BCUT2D eigenvalue weighted by molar-refractivity contribution is 0.0110. The van der Waals surface area contributed by atoms with Crippen molar-refractivity contribution in [1.82, 2.24) is 0 Å². The number of rotatable bonds is 4. The summed E-state index contributed by atoms with van der Waals surface area (Å²) in [6.07, 6.45) is 11.4. The standard InChI is InChI=1S/C21H28Cl2O2/c1-2-14-3-5-15(6-4-14)16-7-10-18(11-8-16)25-21(24)17-9-12-19(22)20(23)13-17/h9,12-16,18H,2-8,10-11H2,1H3/t14-,15-,16?,18?. The number of carbonyl (C=O) groups excluding carboxylic acids is 1. The van der Waals surface area contributed by atoms with Crippen molar-refractivity contribution in [2.45, 2.75) is 70.8 Å². The normalized spacial score (nSPS) is 30.0. The van der Waals surface area contributed by atoms with Crippen LogP contribution in [-0.2, 0) is 4.74 Å². The molecule has 2 nitrogen and oxygen atoms in total. The number of hydrogen-bond acceptors (Lipinski definition) is 2. The van der Waals surface area contributed by atoms with E-state index in [1.54, 1.807) is 18.2 Å². The van der Waals surface area contributed by atoms with Gasteiger partial charge in [0.15, 0.2) is 0 Å². The van der Waals surface area contributed by atoms with E-state index in [0.717, 1.165) is 30.6 Å². The molecule has 1 aromatic carbocycles. The molecule has 3 rings (SSSR count). The molecule has 25 heavy (non-hydrogen) atoms. The highest BCUT2D eigenvalue weighted by Crippen LogP contribution is 2.41. The molecule has 0 aromatic heterocycles. The first-order valence-corrected chi connectivity index (χ1v) is 10.5. The van der Waals surface area contributed by atoms with Gasteiger partial charge in [-0.1, -0.05) is 49.4 Å². The quantitative estimate of drug-likeness (QED) is 0.527. The molecule has 0 atom stereocenters. The van der Waals surface area contributed by atoms with E-state index in [-0.39, 0.29) is 12.1 Å². The molecule has 0 bridgehead atoms. The minimum Gasteiger partial charge on any atom is -0.459 e. The van der Waals surface area contributed by atoms with Crippen LogP contribution in [-0.4, -0.2) is 12.1 Å². The molecule has 2 aliphatic rings. The molecule has 0 aliphatic heterocycles. The average Bonchev–Trinajstić information content (AvgIpc) is 2.64. The summed E-state index contributed by atoms with van der Waals surface area (Å²) in [5.74, 6) is 2.40. The highest BCUT2D eigenvalue weighted by molar-refractivity contribution is 6.42. The van der Waals surface area contributed by atoms with E-state index >= 15 is 0 Å². The molecular weight excluding hydrogens is 355 g/mol. The number of esters is 1. The highest BCUT2D eigenvalue weighted by atomic mass is 35.5. The van der Waals surface area contributed by atoms with Gasteiger partial charge >= 0.3 is 5.97 Å². The molecular formula is C21H28Cl2O2. The Bertz CT molecular complexity index is 586. The van der Waals surface area contributed by atoms with Crippen molar-refractivity contribution >= 4 is 29.2 Å². The molecule has 0 heterocycles. The van der Waals surface area contributed by atoms with Crippen molar-refractivity contribution in [3.8, 4) is 0 Å². The lowest BCUT2D eigenvalue weighted by Crippen LogP contribution is -2.29. The number of carbonyl (C=O) groups is 1. The van der Waals surface area contributed by atoms with E-state index in [0.29, 0.717) is 15.6 Å². The molecule has 4 heteroatoms. The van der Waals surface area contributed by atoms with Crippen LogP contribution in [0.4, 0.5) is 0 Å². The van der Waals surface area contributed by atoms with Gasteiger partial charge in [-0.15, -0.1) is 0 Å². The van der Waals surface area contributed by atoms with Gasteiger partial charge in [-0.2, -0.15) is 0 Å². The molecule has 0 amide bonds. The minimum atomic E-state index is -0.287. The maximum atomic E-state index is 12.3. The zero-order chi connectivity index (χ0) is 17.8. The van der Waals surface area contributed by atoms with E-state index < -0.39 is 0 Å². The average molecular weight is 383 g/mol. The fourth-order valence-corrected chi connectivity index (χ4v) is 4.89. The van der Waals surface area contributed by atoms with Crippen LogP contribution in [0.3, 0.4) is 0 Å². The minimum absolute atomic E-state index is 0.0465. The summed E-state index contributed by atoms with van der Waals surface area (Å²) in [6.45, 7) is 2.32. The largest absolute Gasteiger partial charge is 0.459 e. The predicted molar refractivity (Wildman–Crippen MR) is 103 cm³/mol. The van der Waals surface area contributed by atoms with Crippen LogP contribution in [0.5, 0.6) is 0 Å². The summed E-state index contributed by atoms with van der Waals surface area (Å²) < 4.78 is 5.70. The molecule has 0 saturated heterocycles. The predicted octanol–water partition coefficient (Wildman–Crippen LogP) is 6.93. The van der Waals surface area contributed by atoms with Crippen LogP contribution in [0.15, 0.2) is 18.2 Å². The Morgan fingerprint density at radius 2 is 1.56 bits per heavy atom. The number of ether oxygens (including phenoxy) is 1. The monoisotopic (exact) mass is 382 g/mol. The van der Waals surface area contributed by atoms with Gasteiger partial charge in [0.2, 0.25) is 0 Å². The van der Waals surface area contributed by atoms with E-state index in [2.05, 4.69) is 6.92 Å². The summed E-state index contributed by atoms with van der Waals surface area (Å²) in [5, 5.41) is 0.846. The second kappa shape index (κ2) is 8.77. The summed E-state index contributed by atoms with van der Waals surface area (Å²) >= 11 is 11.9. The van der Waals surface area contributed by atoms with Crippen LogP contribution >= 0.6 is 23.2 Å². The Morgan fingerprint density at radius 1 is 0.960 bits per heavy atom. The fourth-order valence-electron chi connectivity index (χ4n) is 4.59.